The molecule has 2 aromatic heterocycles. The first-order chi connectivity index (χ1) is 19.0. The van der Waals surface area contributed by atoms with Crippen molar-refractivity contribution in [2.45, 2.75) is 57.6 Å². The standard InChI is InChI=1S/C29H39FN6O3/c1-20-32-25-11-4-3-10-24(25)28(33-20)35-26(29(37)38)14-17-36(19-23(18-30)39-2)16-6-5-9-22-13-12-21-8-7-15-31-27(21)34-22/h3-4,10-13,23,26H,5-9,14-19H2,1-2H3,(H,31,34)(H,37,38)(H,32,33,35)/t23-,26+/m1/s1. The Hall–Kier alpha value is -3.37. The van der Waals surface area contributed by atoms with E-state index >= 15 is 0 Å². The highest BCUT2D eigenvalue weighted by Gasteiger charge is 2.22. The maximum Gasteiger partial charge on any atom is 0.326 e. The number of fused-ring (bicyclic) bond motifs is 2. The van der Waals surface area contributed by atoms with Crippen LogP contribution in [0.4, 0.5) is 16.0 Å². The van der Waals surface area contributed by atoms with Crippen LogP contribution in [0.2, 0.25) is 0 Å². The van der Waals surface area contributed by atoms with Gasteiger partial charge in [-0.3, -0.25) is 0 Å². The van der Waals surface area contributed by atoms with E-state index in [9.17, 15) is 14.3 Å². The number of methoxy groups -OCH3 is 1. The zero-order chi connectivity index (χ0) is 27.6. The van der Waals surface area contributed by atoms with Gasteiger partial charge in [-0.25, -0.2) is 24.1 Å². The van der Waals surface area contributed by atoms with Crippen LogP contribution in [0.5, 0.6) is 0 Å². The topological polar surface area (TPSA) is 113 Å². The number of alkyl halides is 1. The average Bonchev–Trinajstić information content (AvgIpc) is 2.95. The van der Waals surface area contributed by atoms with Gasteiger partial charge in [0.2, 0.25) is 0 Å². The van der Waals surface area contributed by atoms with Gasteiger partial charge >= 0.3 is 5.97 Å². The minimum atomic E-state index is -0.962. The quantitative estimate of drug-likeness (QED) is 0.244. The van der Waals surface area contributed by atoms with Crippen molar-refractivity contribution in [2.24, 2.45) is 0 Å². The smallest absolute Gasteiger partial charge is 0.326 e. The number of hydrogen-bond donors (Lipinski definition) is 3. The predicted molar refractivity (Wildman–Crippen MR) is 151 cm³/mol. The van der Waals surface area contributed by atoms with Crippen LogP contribution in [0, 0.1) is 6.92 Å². The summed E-state index contributed by atoms with van der Waals surface area (Å²) in [5, 5.41) is 17.2. The van der Waals surface area contributed by atoms with Crippen LogP contribution < -0.4 is 10.6 Å². The van der Waals surface area contributed by atoms with E-state index in [1.165, 1.54) is 12.7 Å². The monoisotopic (exact) mass is 538 g/mol. The lowest BCUT2D eigenvalue weighted by molar-refractivity contribution is -0.138. The molecule has 1 aliphatic heterocycles. The van der Waals surface area contributed by atoms with Crippen molar-refractivity contribution in [1.29, 1.82) is 0 Å². The molecule has 0 aliphatic carbocycles. The molecule has 210 valence electrons. The maximum absolute atomic E-state index is 13.5. The lowest BCUT2D eigenvalue weighted by atomic mass is 10.1. The van der Waals surface area contributed by atoms with Crippen LogP contribution in [0.1, 0.15) is 42.8 Å². The minimum Gasteiger partial charge on any atom is -0.480 e. The van der Waals surface area contributed by atoms with E-state index in [1.807, 2.05) is 24.3 Å². The van der Waals surface area contributed by atoms with Crippen molar-refractivity contribution in [2.75, 3.05) is 50.6 Å². The SMILES string of the molecule is CO[C@H](CF)CN(CCCCc1ccc2c(n1)NCCC2)CC[C@H](Nc1nc(C)nc2ccccc12)C(=O)O. The van der Waals surface area contributed by atoms with Crippen molar-refractivity contribution >= 4 is 28.5 Å². The second-order valence-corrected chi connectivity index (χ2v) is 10.1. The number of aryl methyl sites for hydroxylation is 3. The maximum atomic E-state index is 13.5. The molecule has 39 heavy (non-hydrogen) atoms. The molecule has 0 amide bonds. The molecule has 0 fully saturated rings. The Labute approximate surface area is 229 Å². The van der Waals surface area contributed by atoms with E-state index in [0.717, 1.165) is 61.1 Å². The van der Waals surface area contributed by atoms with Gasteiger partial charge < -0.3 is 25.4 Å². The summed E-state index contributed by atoms with van der Waals surface area (Å²) in [6.45, 7) is 3.75. The van der Waals surface area contributed by atoms with Crippen LogP contribution in [0.25, 0.3) is 10.9 Å². The van der Waals surface area contributed by atoms with E-state index < -0.39 is 24.8 Å². The summed E-state index contributed by atoms with van der Waals surface area (Å²) in [5.41, 5.74) is 3.10. The fourth-order valence-corrected chi connectivity index (χ4v) is 4.96. The molecule has 3 heterocycles. The molecule has 0 saturated carbocycles. The molecular weight excluding hydrogens is 499 g/mol. The molecule has 10 heteroatoms. The van der Waals surface area contributed by atoms with E-state index in [2.05, 4.69) is 37.6 Å². The second-order valence-electron chi connectivity index (χ2n) is 10.1. The number of benzene rings is 1. The van der Waals surface area contributed by atoms with Crippen molar-refractivity contribution in [3.63, 3.8) is 0 Å². The van der Waals surface area contributed by atoms with Crippen molar-refractivity contribution in [3.05, 3.63) is 53.5 Å². The molecule has 3 aromatic rings. The van der Waals surface area contributed by atoms with Gasteiger partial charge in [-0.1, -0.05) is 18.2 Å². The number of halogens is 1. The molecule has 1 aromatic carbocycles. The van der Waals surface area contributed by atoms with E-state index in [4.69, 9.17) is 9.72 Å². The molecule has 0 bridgehead atoms. The van der Waals surface area contributed by atoms with Crippen LogP contribution >= 0.6 is 0 Å². The number of carboxylic acids is 1. The van der Waals surface area contributed by atoms with Gasteiger partial charge in [-0.15, -0.1) is 0 Å². The van der Waals surface area contributed by atoms with Crippen LogP contribution in [0.3, 0.4) is 0 Å². The number of ether oxygens (including phenoxy) is 1. The number of nitrogens with one attached hydrogen (secondary N) is 2. The Balaban J connectivity index is 1.35. The van der Waals surface area contributed by atoms with Crippen molar-refractivity contribution in [1.82, 2.24) is 19.9 Å². The third-order valence-electron chi connectivity index (χ3n) is 7.13. The molecule has 0 saturated heterocycles. The number of carboxylic acid groups (broad SMARTS) is 1. The average molecular weight is 539 g/mol. The number of para-hydroxylation sites is 1. The summed E-state index contributed by atoms with van der Waals surface area (Å²) in [4.78, 5) is 27.9. The number of aliphatic carboxylic acids is 1. The first kappa shape index (κ1) is 28.6. The Morgan fingerprint density at radius 2 is 2.03 bits per heavy atom. The molecule has 0 spiro atoms. The number of aromatic nitrogens is 3. The van der Waals surface area contributed by atoms with Crippen LogP contribution in [-0.4, -0.2) is 83.0 Å². The summed E-state index contributed by atoms with van der Waals surface area (Å²) in [5.74, 6) is 1.11. The Bertz CT molecular complexity index is 1240. The first-order valence-corrected chi connectivity index (χ1v) is 13.7. The molecule has 9 nitrogen and oxygen atoms in total. The van der Waals surface area contributed by atoms with Crippen molar-refractivity contribution < 1.29 is 19.0 Å². The van der Waals surface area contributed by atoms with Gasteiger partial charge in [-0.2, -0.15) is 0 Å². The molecule has 0 radical (unpaired) electrons. The third kappa shape index (κ3) is 8.06. The summed E-state index contributed by atoms with van der Waals surface area (Å²) in [7, 11) is 1.50. The first-order valence-electron chi connectivity index (χ1n) is 13.7. The fraction of sp³-hybridized carbons (Fsp3) is 0.517. The normalized spacial score (nSPS) is 14.6. The van der Waals surface area contributed by atoms with Crippen LogP contribution in [-0.2, 0) is 22.4 Å². The number of rotatable bonds is 15. The molecular formula is C29H39FN6O3. The number of pyridine rings is 1. The van der Waals surface area contributed by atoms with Gasteiger partial charge in [0.15, 0.2) is 0 Å². The Morgan fingerprint density at radius 3 is 2.82 bits per heavy atom. The zero-order valence-corrected chi connectivity index (χ0v) is 22.8. The van der Waals surface area contributed by atoms with E-state index in [0.29, 0.717) is 37.7 Å². The van der Waals surface area contributed by atoms with E-state index in [1.54, 1.807) is 6.92 Å². The number of carbonyl (C=O) groups is 1. The third-order valence-corrected chi connectivity index (χ3v) is 7.13. The molecule has 4 rings (SSSR count). The lowest BCUT2D eigenvalue weighted by Crippen LogP contribution is -2.40. The highest BCUT2D eigenvalue weighted by atomic mass is 19.1. The Kier molecular flexibility index (Phi) is 10.4. The van der Waals surface area contributed by atoms with Gasteiger partial charge in [0.25, 0.3) is 0 Å². The number of hydrogen-bond acceptors (Lipinski definition) is 8. The zero-order valence-electron chi connectivity index (χ0n) is 22.8. The number of unbranched alkanes of at least 4 members (excludes halogenated alkanes) is 1. The second kappa shape index (κ2) is 14.1. The van der Waals surface area contributed by atoms with Gasteiger partial charge in [0.1, 0.15) is 30.2 Å². The van der Waals surface area contributed by atoms with Gasteiger partial charge in [0, 0.05) is 37.8 Å². The molecule has 3 N–H and O–H groups in total. The summed E-state index contributed by atoms with van der Waals surface area (Å²) < 4.78 is 18.8. The highest BCUT2D eigenvalue weighted by molar-refractivity contribution is 5.90. The number of nitrogens with zero attached hydrogens (tertiary/aromatic N) is 4. The number of anilines is 2. The summed E-state index contributed by atoms with van der Waals surface area (Å²) in [6, 6.07) is 10.9. The molecule has 0 unspecified atom stereocenters. The largest absolute Gasteiger partial charge is 0.480 e. The lowest BCUT2D eigenvalue weighted by Gasteiger charge is -2.27. The fourth-order valence-electron chi connectivity index (χ4n) is 4.96. The predicted octanol–water partition coefficient (Wildman–Crippen LogP) is 4.26. The summed E-state index contributed by atoms with van der Waals surface area (Å²) >= 11 is 0. The molecule has 2 atom stereocenters. The Morgan fingerprint density at radius 1 is 1.18 bits per heavy atom. The van der Waals surface area contributed by atoms with Crippen LogP contribution in [0.15, 0.2) is 36.4 Å². The highest BCUT2D eigenvalue weighted by Crippen LogP contribution is 2.22. The minimum absolute atomic E-state index is 0.327. The molecule has 1 aliphatic rings. The van der Waals surface area contributed by atoms with Gasteiger partial charge in [-0.05, 0) is 75.8 Å². The van der Waals surface area contributed by atoms with E-state index in [-0.39, 0.29) is 0 Å². The van der Waals surface area contributed by atoms with Crippen molar-refractivity contribution in [3.8, 4) is 0 Å². The van der Waals surface area contributed by atoms with Gasteiger partial charge in [0.05, 0.1) is 11.6 Å². The summed E-state index contributed by atoms with van der Waals surface area (Å²) in [6.07, 6.45) is 4.66.